The van der Waals surface area contributed by atoms with Gasteiger partial charge in [0.25, 0.3) is 5.91 Å². The van der Waals surface area contributed by atoms with Crippen LogP contribution in [0.1, 0.15) is 37.0 Å². The minimum atomic E-state index is -0.840. The van der Waals surface area contributed by atoms with Crippen LogP contribution in [0.25, 0.3) is 0 Å². The molecule has 1 aromatic carbocycles. The van der Waals surface area contributed by atoms with E-state index < -0.39 is 6.09 Å². The van der Waals surface area contributed by atoms with Crippen LogP contribution in [-0.2, 0) is 0 Å². The number of benzene rings is 1. The average molecular weight is 372 g/mol. The lowest BCUT2D eigenvalue weighted by molar-refractivity contribution is 0.0963. The molecule has 2 aliphatic rings. The van der Waals surface area contributed by atoms with Gasteiger partial charge in [-0.1, -0.05) is 13.8 Å². The van der Waals surface area contributed by atoms with Crippen LogP contribution in [0.2, 0.25) is 0 Å². The van der Waals surface area contributed by atoms with Crippen LogP contribution in [-0.4, -0.2) is 60.2 Å². The molecule has 0 fully saturated rings. The van der Waals surface area contributed by atoms with Crippen LogP contribution in [0.4, 0.5) is 10.5 Å². The molecule has 2 amide bonds. The summed E-state index contributed by atoms with van der Waals surface area (Å²) in [6.07, 6.45) is 0.665. The Balaban J connectivity index is 1.83. The van der Waals surface area contributed by atoms with Gasteiger partial charge in [0, 0.05) is 44.4 Å². The van der Waals surface area contributed by atoms with Crippen molar-refractivity contribution in [2.24, 2.45) is 5.92 Å². The van der Waals surface area contributed by atoms with Crippen molar-refractivity contribution >= 4 is 17.7 Å². The predicted octanol–water partition coefficient (Wildman–Crippen LogP) is 2.77. The Morgan fingerprint density at radius 3 is 2.41 bits per heavy atom. The highest BCUT2D eigenvalue weighted by Gasteiger charge is 2.33. The molecule has 0 aliphatic carbocycles. The first-order valence-electron chi connectivity index (χ1n) is 9.46. The van der Waals surface area contributed by atoms with Gasteiger partial charge in [-0.25, -0.2) is 4.79 Å². The summed E-state index contributed by atoms with van der Waals surface area (Å²) in [5, 5.41) is 16.5. The monoisotopic (exact) mass is 372 g/mol. The third-order valence-corrected chi connectivity index (χ3v) is 5.12. The van der Waals surface area contributed by atoms with Crippen LogP contribution in [0.3, 0.4) is 0 Å². The minimum Gasteiger partial charge on any atom is -0.465 e. The lowest BCUT2D eigenvalue weighted by Gasteiger charge is -2.36. The van der Waals surface area contributed by atoms with E-state index in [2.05, 4.69) is 29.2 Å². The van der Waals surface area contributed by atoms with Crippen molar-refractivity contribution in [3.63, 3.8) is 0 Å². The number of anilines is 1. The van der Waals surface area contributed by atoms with E-state index >= 15 is 0 Å². The Labute approximate surface area is 160 Å². The number of carboxylic acid groups (broad SMARTS) is 1. The molecule has 146 valence electrons. The lowest BCUT2D eigenvalue weighted by Crippen LogP contribution is -2.41. The van der Waals surface area contributed by atoms with Crippen LogP contribution < -0.4 is 10.3 Å². The first-order valence-corrected chi connectivity index (χ1v) is 9.46. The van der Waals surface area contributed by atoms with Crippen molar-refractivity contribution in [2.45, 2.75) is 26.7 Å². The van der Waals surface area contributed by atoms with Crippen molar-refractivity contribution < 1.29 is 14.7 Å². The van der Waals surface area contributed by atoms with Gasteiger partial charge in [0.1, 0.15) is 0 Å². The Morgan fingerprint density at radius 2 is 1.81 bits per heavy atom. The van der Waals surface area contributed by atoms with Gasteiger partial charge in [-0.15, -0.1) is 0 Å². The fraction of sp³-hybridized carbons (Fsp3) is 0.500. The molecule has 3 rings (SSSR count). The van der Waals surface area contributed by atoms with Gasteiger partial charge < -0.3 is 15.3 Å². The lowest BCUT2D eigenvalue weighted by atomic mass is 10.1. The molecule has 27 heavy (non-hydrogen) atoms. The molecule has 2 aliphatic heterocycles. The highest BCUT2D eigenvalue weighted by molar-refractivity contribution is 5.94. The summed E-state index contributed by atoms with van der Waals surface area (Å²) in [4.78, 5) is 24.6. The molecule has 0 bridgehead atoms. The number of carbonyl (C=O) groups excluding carboxylic acids is 1. The fourth-order valence-corrected chi connectivity index (χ4v) is 3.74. The number of hydrogen-bond acceptors (Lipinski definition) is 4. The molecule has 0 atom stereocenters. The van der Waals surface area contributed by atoms with Crippen LogP contribution in [0.15, 0.2) is 35.5 Å². The SMILES string of the molecule is CNC(=O)c1ccc(N2CC3=C(CCN(C(=O)O)CC3)N2CC(C)C)cc1. The Kier molecular flexibility index (Phi) is 5.58. The Hall–Kier alpha value is -2.70. The normalized spacial score (nSPS) is 17.3. The molecule has 0 radical (unpaired) electrons. The summed E-state index contributed by atoms with van der Waals surface area (Å²) in [5.41, 5.74) is 4.26. The first kappa shape index (κ1) is 19.1. The number of nitrogens with zero attached hydrogens (tertiary/aromatic N) is 3. The van der Waals surface area contributed by atoms with Gasteiger partial charge in [0.15, 0.2) is 0 Å². The van der Waals surface area contributed by atoms with Crippen LogP contribution in [0, 0.1) is 5.92 Å². The first-order chi connectivity index (χ1) is 12.9. The van der Waals surface area contributed by atoms with Gasteiger partial charge in [-0.05, 0) is 42.2 Å². The van der Waals surface area contributed by atoms with Gasteiger partial charge in [0.05, 0.1) is 12.2 Å². The number of carbonyl (C=O) groups is 2. The molecule has 7 nitrogen and oxygen atoms in total. The zero-order valence-corrected chi connectivity index (χ0v) is 16.2. The van der Waals surface area contributed by atoms with Crippen molar-refractivity contribution in [1.29, 1.82) is 0 Å². The second-order valence-corrected chi connectivity index (χ2v) is 7.48. The van der Waals surface area contributed by atoms with Crippen molar-refractivity contribution in [2.75, 3.05) is 38.2 Å². The van der Waals surface area contributed by atoms with E-state index in [4.69, 9.17) is 0 Å². The molecule has 1 aromatic rings. The molecule has 7 heteroatoms. The maximum Gasteiger partial charge on any atom is 0.407 e. The zero-order valence-electron chi connectivity index (χ0n) is 16.2. The number of nitrogens with one attached hydrogen (secondary N) is 1. The Morgan fingerprint density at radius 1 is 1.15 bits per heavy atom. The molecule has 0 unspecified atom stereocenters. The molecular weight excluding hydrogens is 344 g/mol. The maximum atomic E-state index is 11.8. The highest BCUT2D eigenvalue weighted by atomic mass is 16.4. The summed E-state index contributed by atoms with van der Waals surface area (Å²) in [6, 6.07) is 7.65. The highest BCUT2D eigenvalue weighted by Crippen LogP contribution is 2.34. The maximum absolute atomic E-state index is 11.8. The number of hydrogen-bond donors (Lipinski definition) is 2. The van der Waals surface area contributed by atoms with Gasteiger partial charge in [0.2, 0.25) is 0 Å². The predicted molar refractivity (Wildman–Crippen MR) is 105 cm³/mol. The number of hydrazine groups is 1. The van der Waals surface area contributed by atoms with E-state index in [0.29, 0.717) is 24.6 Å². The fourth-order valence-electron chi connectivity index (χ4n) is 3.74. The van der Waals surface area contributed by atoms with E-state index in [1.54, 1.807) is 7.05 Å². The molecule has 0 saturated carbocycles. The summed E-state index contributed by atoms with van der Waals surface area (Å²) >= 11 is 0. The van der Waals surface area contributed by atoms with E-state index in [0.717, 1.165) is 31.6 Å². The van der Waals surface area contributed by atoms with Crippen LogP contribution in [0.5, 0.6) is 0 Å². The standard InChI is InChI=1S/C20H28N4O3/c1-14(2)12-24-18-9-11-22(20(26)27)10-8-16(18)13-23(24)17-6-4-15(5-7-17)19(25)21-3/h4-7,14H,8-13H2,1-3H3,(H,21,25)(H,26,27). The van der Waals surface area contributed by atoms with Crippen LogP contribution >= 0.6 is 0 Å². The molecule has 0 spiro atoms. The zero-order chi connectivity index (χ0) is 19.6. The largest absolute Gasteiger partial charge is 0.465 e. The summed E-state index contributed by atoms with van der Waals surface area (Å²) in [6.45, 7) is 7.11. The van der Waals surface area contributed by atoms with E-state index in [1.807, 2.05) is 24.3 Å². The van der Waals surface area contributed by atoms with Crippen molar-refractivity contribution in [1.82, 2.24) is 15.2 Å². The summed E-state index contributed by atoms with van der Waals surface area (Å²) in [5.74, 6) is 0.382. The topological polar surface area (TPSA) is 76.1 Å². The average Bonchev–Trinajstić information content (AvgIpc) is 2.84. The second-order valence-electron chi connectivity index (χ2n) is 7.48. The molecule has 0 saturated heterocycles. The van der Waals surface area contributed by atoms with E-state index in [1.165, 1.54) is 16.2 Å². The van der Waals surface area contributed by atoms with Gasteiger partial charge in [-0.3, -0.25) is 14.8 Å². The smallest absolute Gasteiger partial charge is 0.407 e. The van der Waals surface area contributed by atoms with Crippen molar-refractivity contribution in [3.05, 3.63) is 41.1 Å². The molecule has 0 aromatic heterocycles. The van der Waals surface area contributed by atoms with E-state index in [9.17, 15) is 14.7 Å². The van der Waals surface area contributed by atoms with Gasteiger partial charge in [-0.2, -0.15) is 0 Å². The second kappa shape index (κ2) is 7.90. The third kappa shape index (κ3) is 4.02. The molecule has 2 N–H and O–H groups in total. The minimum absolute atomic E-state index is 0.0929. The number of rotatable bonds is 4. The van der Waals surface area contributed by atoms with Gasteiger partial charge >= 0.3 is 6.09 Å². The third-order valence-electron chi connectivity index (χ3n) is 5.12. The quantitative estimate of drug-likeness (QED) is 0.850. The summed E-state index contributed by atoms with van der Waals surface area (Å²) in [7, 11) is 1.63. The molecule has 2 heterocycles. The number of amides is 2. The molecular formula is C20H28N4O3. The Bertz CT molecular complexity index is 742. The van der Waals surface area contributed by atoms with E-state index in [-0.39, 0.29) is 5.91 Å². The summed E-state index contributed by atoms with van der Waals surface area (Å²) < 4.78 is 0. The van der Waals surface area contributed by atoms with Crippen molar-refractivity contribution in [3.8, 4) is 0 Å².